The van der Waals surface area contributed by atoms with Crippen molar-refractivity contribution in [1.29, 1.82) is 0 Å². The van der Waals surface area contributed by atoms with Crippen LogP contribution in [0.3, 0.4) is 0 Å². The Kier molecular flexibility index (Phi) is 5.37. The molecule has 0 amide bonds. The molecule has 2 heterocycles. The lowest BCUT2D eigenvalue weighted by atomic mass is 9.90. The first-order valence-electron chi connectivity index (χ1n) is 9.95. The fourth-order valence-corrected chi connectivity index (χ4v) is 4.32. The summed E-state index contributed by atoms with van der Waals surface area (Å²) in [6.45, 7) is 0. The number of hydrogen-bond acceptors (Lipinski definition) is 1. The van der Waals surface area contributed by atoms with E-state index in [1.807, 2.05) is 61.2 Å². The number of aromatic amines is 1. The van der Waals surface area contributed by atoms with Gasteiger partial charge in [0.2, 0.25) is 0 Å². The van der Waals surface area contributed by atoms with E-state index in [-0.39, 0.29) is 6.04 Å². The summed E-state index contributed by atoms with van der Waals surface area (Å²) in [7, 11) is 0. The molecule has 0 aliphatic heterocycles. The summed E-state index contributed by atoms with van der Waals surface area (Å²) in [5, 5.41) is 1.43. The minimum atomic E-state index is -0.0553. The van der Waals surface area contributed by atoms with Crippen molar-refractivity contribution in [3.05, 3.63) is 125 Å². The molecule has 152 valence electrons. The minimum Gasteiger partial charge on any atom is -0.367 e. The van der Waals surface area contributed by atoms with Gasteiger partial charge in [0.15, 0.2) is 0 Å². The fraction of sp³-hybridized carbons (Fsp3) is 0.0385. The first-order chi connectivity index (χ1) is 15.2. The van der Waals surface area contributed by atoms with Crippen LogP contribution in [0, 0.1) is 0 Å². The van der Waals surface area contributed by atoms with Crippen LogP contribution >= 0.6 is 23.2 Å². The Morgan fingerprint density at radius 3 is 2.29 bits per heavy atom. The van der Waals surface area contributed by atoms with E-state index in [0.717, 1.165) is 33.4 Å². The molecule has 5 rings (SSSR count). The number of H-pyrrole nitrogens is 1. The largest absolute Gasteiger partial charge is 0.367 e. The Balaban J connectivity index is 1.70. The fourth-order valence-electron chi connectivity index (χ4n) is 4.02. The lowest BCUT2D eigenvalue weighted by Gasteiger charge is -2.21. The number of aromatic nitrogens is 3. The van der Waals surface area contributed by atoms with Crippen molar-refractivity contribution in [3.8, 4) is 22.3 Å². The smallest absolute Gasteiger partial charge is 0.0954 e. The quantitative estimate of drug-likeness (QED) is 0.299. The van der Waals surface area contributed by atoms with Gasteiger partial charge in [0.1, 0.15) is 0 Å². The summed E-state index contributed by atoms with van der Waals surface area (Å²) in [6.07, 6.45) is 9.72. The Bertz CT molecular complexity index is 1290. The van der Waals surface area contributed by atoms with Crippen LogP contribution in [0.15, 0.2) is 104 Å². The van der Waals surface area contributed by atoms with Crippen LogP contribution in [0.5, 0.6) is 0 Å². The van der Waals surface area contributed by atoms with Gasteiger partial charge in [0, 0.05) is 46.0 Å². The van der Waals surface area contributed by atoms with Crippen molar-refractivity contribution in [2.45, 2.75) is 6.04 Å². The molecule has 3 nitrogen and oxygen atoms in total. The van der Waals surface area contributed by atoms with Gasteiger partial charge in [-0.15, -0.1) is 0 Å². The van der Waals surface area contributed by atoms with Crippen molar-refractivity contribution < 1.29 is 0 Å². The van der Waals surface area contributed by atoms with Crippen molar-refractivity contribution in [2.24, 2.45) is 0 Å². The van der Waals surface area contributed by atoms with E-state index in [4.69, 9.17) is 23.2 Å². The van der Waals surface area contributed by atoms with Gasteiger partial charge in [-0.3, -0.25) is 0 Å². The summed E-state index contributed by atoms with van der Waals surface area (Å²) in [5.41, 5.74) is 6.71. The van der Waals surface area contributed by atoms with Gasteiger partial charge in [-0.1, -0.05) is 71.7 Å². The molecule has 5 aromatic rings. The highest BCUT2D eigenvalue weighted by atomic mass is 35.5. The number of benzene rings is 3. The summed E-state index contributed by atoms with van der Waals surface area (Å²) in [4.78, 5) is 7.61. The Labute approximate surface area is 190 Å². The van der Waals surface area contributed by atoms with Crippen LogP contribution in [-0.2, 0) is 0 Å². The second kappa shape index (κ2) is 8.46. The standard InChI is InChI=1S/C26H19Cl2N3/c27-20-8-6-19(7-9-20)26(31-13-12-29-17-31)25-16-30-15-24(25)22-11-10-21(28)14-23(22)18-4-2-1-3-5-18/h1-17,26,30H. The second-order valence-electron chi connectivity index (χ2n) is 7.34. The molecule has 0 aliphatic carbocycles. The minimum absolute atomic E-state index is 0.0553. The van der Waals surface area contributed by atoms with E-state index in [1.54, 1.807) is 6.20 Å². The van der Waals surface area contributed by atoms with Gasteiger partial charge < -0.3 is 9.55 Å². The molecule has 0 saturated heterocycles. The van der Waals surface area contributed by atoms with Gasteiger partial charge in [-0.2, -0.15) is 0 Å². The average Bonchev–Trinajstić information content (AvgIpc) is 3.49. The van der Waals surface area contributed by atoms with Crippen molar-refractivity contribution in [3.63, 3.8) is 0 Å². The maximum atomic E-state index is 6.39. The molecule has 3 aromatic carbocycles. The molecule has 0 saturated carbocycles. The molecular formula is C26H19Cl2N3. The molecule has 2 aromatic heterocycles. The highest BCUT2D eigenvalue weighted by Crippen LogP contribution is 2.40. The molecule has 0 aliphatic rings. The summed E-state index contributed by atoms with van der Waals surface area (Å²) in [6, 6.07) is 24.3. The van der Waals surface area contributed by atoms with Crippen molar-refractivity contribution in [2.75, 3.05) is 0 Å². The Hall–Kier alpha value is -3.27. The van der Waals surface area contributed by atoms with Gasteiger partial charge in [0.25, 0.3) is 0 Å². The number of nitrogens with one attached hydrogen (secondary N) is 1. The number of rotatable bonds is 5. The molecule has 1 atom stereocenters. The molecule has 31 heavy (non-hydrogen) atoms. The normalized spacial score (nSPS) is 12.1. The van der Waals surface area contributed by atoms with Gasteiger partial charge in [0.05, 0.1) is 12.4 Å². The molecule has 0 radical (unpaired) electrons. The topological polar surface area (TPSA) is 33.6 Å². The molecule has 0 bridgehead atoms. The van der Waals surface area contributed by atoms with Crippen LogP contribution in [0.1, 0.15) is 17.2 Å². The molecule has 0 fully saturated rings. The Morgan fingerprint density at radius 2 is 1.55 bits per heavy atom. The Morgan fingerprint density at radius 1 is 0.774 bits per heavy atom. The van der Waals surface area contributed by atoms with Gasteiger partial charge in [-0.05, 0) is 46.5 Å². The lowest BCUT2D eigenvalue weighted by molar-refractivity contribution is 0.679. The summed E-state index contributed by atoms with van der Waals surface area (Å²) < 4.78 is 2.11. The number of hydrogen-bond donors (Lipinski definition) is 1. The van der Waals surface area contributed by atoms with E-state index >= 15 is 0 Å². The second-order valence-corrected chi connectivity index (χ2v) is 8.22. The first kappa shape index (κ1) is 19.7. The van der Waals surface area contributed by atoms with Gasteiger partial charge in [-0.25, -0.2) is 4.98 Å². The third kappa shape index (κ3) is 3.90. The maximum Gasteiger partial charge on any atom is 0.0954 e. The van der Waals surface area contributed by atoms with Crippen LogP contribution < -0.4 is 0 Å². The SMILES string of the molecule is Clc1ccc(C(c2c[nH]cc2-c2ccc(Cl)cc2-c2ccccc2)n2ccnc2)cc1. The van der Waals surface area contributed by atoms with Crippen LogP contribution in [0.2, 0.25) is 10.0 Å². The highest BCUT2D eigenvalue weighted by Gasteiger charge is 2.22. The predicted molar refractivity (Wildman–Crippen MR) is 128 cm³/mol. The third-order valence-electron chi connectivity index (χ3n) is 5.44. The average molecular weight is 444 g/mol. The monoisotopic (exact) mass is 443 g/mol. The zero-order valence-corrected chi connectivity index (χ0v) is 18.1. The number of nitrogens with zero attached hydrogens (tertiary/aromatic N) is 2. The molecule has 1 N–H and O–H groups in total. The highest BCUT2D eigenvalue weighted by molar-refractivity contribution is 6.31. The number of imidazole rings is 1. The zero-order chi connectivity index (χ0) is 21.2. The van der Waals surface area contributed by atoms with E-state index in [0.29, 0.717) is 10.0 Å². The zero-order valence-electron chi connectivity index (χ0n) is 16.5. The third-order valence-corrected chi connectivity index (χ3v) is 5.92. The molecule has 0 spiro atoms. The number of halogens is 2. The van der Waals surface area contributed by atoms with E-state index < -0.39 is 0 Å². The molecule has 1 unspecified atom stereocenters. The van der Waals surface area contributed by atoms with Gasteiger partial charge >= 0.3 is 0 Å². The molecule has 5 heteroatoms. The predicted octanol–water partition coefficient (Wildman–Crippen LogP) is 7.49. The van der Waals surface area contributed by atoms with Crippen molar-refractivity contribution >= 4 is 23.2 Å². The van der Waals surface area contributed by atoms with Crippen LogP contribution in [0.25, 0.3) is 22.3 Å². The summed E-state index contributed by atoms with van der Waals surface area (Å²) >= 11 is 12.5. The van der Waals surface area contributed by atoms with Crippen molar-refractivity contribution in [1.82, 2.24) is 14.5 Å². The van der Waals surface area contributed by atoms with Crippen LogP contribution in [0.4, 0.5) is 0 Å². The van der Waals surface area contributed by atoms with E-state index in [2.05, 4.69) is 51.1 Å². The summed E-state index contributed by atoms with van der Waals surface area (Å²) in [5.74, 6) is 0. The van der Waals surface area contributed by atoms with E-state index in [9.17, 15) is 0 Å². The maximum absolute atomic E-state index is 6.39. The van der Waals surface area contributed by atoms with Crippen LogP contribution in [-0.4, -0.2) is 14.5 Å². The molecular weight excluding hydrogens is 425 g/mol. The first-order valence-corrected chi connectivity index (χ1v) is 10.7. The van der Waals surface area contributed by atoms with E-state index in [1.165, 1.54) is 0 Å². The lowest BCUT2D eigenvalue weighted by Crippen LogP contribution is -2.11.